The molecule has 2 nitrogen and oxygen atoms in total. The molecule has 0 fully saturated rings. The molecule has 0 amide bonds. The summed E-state index contributed by atoms with van der Waals surface area (Å²) in [6.07, 6.45) is 30.0. The molecule has 0 radical (unpaired) electrons. The highest BCUT2D eigenvalue weighted by Gasteiger charge is 2.05. The van der Waals surface area contributed by atoms with Crippen LogP contribution in [0.1, 0.15) is 142 Å². The standard InChI is InChI=1S/C28H60NO/c1-5-6-7-8-9-10-11-12-13-14-15-16-17-18-19-20-21-22-23-24-27-30-28-25-26-29(2,3)4/h5-28H2,1-4H3/q+1. The first-order valence-electron chi connectivity index (χ1n) is 13.9. The lowest BCUT2D eigenvalue weighted by molar-refractivity contribution is -0.870. The molecule has 0 heterocycles. The molecular formula is C28H60NO+. The van der Waals surface area contributed by atoms with Gasteiger partial charge in [0.15, 0.2) is 0 Å². The maximum absolute atomic E-state index is 5.76. The molecule has 30 heavy (non-hydrogen) atoms. The van der Waals surface area contributed by atoms with Crippen molar-refractivity contribution < 1.29 is 9.22 Å². The van der Waals surface area contributed by atoms with Crippen LogP contribution < -0.4 is 0 Å². The molecule has 0 atom stereocenters. The summed E-state index contributed by atoms with van der Waals surface area (Å²) in [5.41, 5.74) is 0. The number of rotatable bonds is 25. The predicted molar refractivity (Wildman–Crippen MR) is 136 cm³/mol. The lowest BCUT2D eigenvalue weighted by Crippen LogP contribution is -2.35. The summed E-state index contributed by atoms with van der Waals surface area (Å²) in [5.74, 6) is 0. The van der Waals surface area contributed by atoms with E-state index in [9.17, 15) is 0 Å². The zero-order valence-corrected chi connectivity index (χ0v) is 21.8. The lowest BCUT2D eigenvalue weighted by atomic mass is 10.0. The SMILES string of the molecule is CCCCCCCCCCCCCCCCCCCCCCOCCC[N+](C)(C)C. The Morgan fingerprint density at radius 1 is 0.400 bits per heavy atom. The Morgan fingerprint density at radius 3 is 1.03 bits per heavy atom. The van der Waals surface area contributed by atoms with Crippen molar-refractivity contribution in [3.05, 3.63) is 0 Å². The topological polar surface area (TPSA) is 9.23 Å². The fourth-order valence-corrected chi connectivity index (χ4v) is 4.20. The highest BCUT2D eigenvalue weighted by atomic mass is 16.5. The van der Waals surface area contributed by atoms with E-state index in [1.165, 1.54) is 141 Å². The van der Waals surface area contributed by atoms with Gasteiger partial charge in [-0.15, -0.1) is 0 Å². The van der Waals surface area contributed by atoms with Gasteiger partial charge in [0.2, 0.25) is 0 Å². The van der Waals surface area contributed by atoms with Crippen LogP contribution in [0.2, 0.25) is 0 Å². The number of hydrogen-bond acceptors (Lipinski definition) is 1. The molecule has 0 aliphatic rings. The normalized spacial score (nSPS) is 12.0. The van der Waals surface area contributed by atoms with E-state index in [1.807, 2.05) is 0 Å². The molecule has 0 aliphatic carbocycles. The van der Waals surface area contributed by atoms with E-state index in [2.05, 4.69) is 28.1 Å². The summed E-state index contributed by atoms with van der Waals surface area (Å²) in [6.45, 7) is 5.42. The van der Waals surface area contributed by atoms with Crippen LogP contribution in [0, 0.1) is 0 Å². The molecule has 0 N–H and O–H groups in total. The molecule has 0 aromatic rings. The van der Waals surface area contributed by atoms with Crippen LogP contribution in [0.3, 0.4) is 0 Å². The smallest absolute Gasteiger partial charge is 0.0802 e. The van der Waals surface area contributed by atoms with Gasteiger partial charge in [0.05, 0.1) is 34.3 Å². The summed E-state index contributed by atoms with van der Waals surface area (Å²) in [7, 11) is 6.75. The molecule has 0 saturated heterocycles. The molecule has 0 aliphatic heterocycles. The third-order valence-corrected chi connectivity index (χ3v) is 6.26. The quantitative estimate of drug-likeness (QED) is 0.105. The minimum atomic E-state index is 0.939. The van der Waals surface area contributed by atoms with Crippen LogP contribution >= 0.6 is 0 Å². The third-order valence-electron chi connectivity index (χ3n) is 6.26. The number of ether oxygens (including phenoxy) is 1. The Hall–Kier alpha value is -0.0800. The van der Waals surface area contributed by atoms with E-state index < -0.39 is 0 Å². The van der Waals surface area contributed by atoms with E-state index in [4.69, 9.17) is 4.74 Å². The number of hydrogen-bond donors (Lipinski definition) is 0. The minimum absolute atomic E-state index is 0.939. The van der Waals surface area contributed by atoms with Crippen molar-refractivity contribution in [3.63, 3.8) is 0 Å². The van der Waals surface area contributed by atoms with Crippen LogP contribution in [0.25, 0.3) is 0 Å². The van der Waals surface area contributed by atoms with Gasteiger partial charge in [-0.05, 0) is 6.42 Å². The molecule has 0 saturated carbocycles. The average molecular weight is 427 g/mol. The molecule has 0 rings (SSSR count). The van der Waals surface area contributed by atoms with Crippen LogP contribution in [0.15, 0.2) is 0 Å². The van der Waals surface area contributed by atoms with E-state index in [0.717, 1.165) is 17.7 Å². The third kappa shape index (κ3) is 27.9. The molecule has 0 aromatic heterocycles. The van der Waals surface area contributed by atoms with Crippen molar-refractivity contribution in [1.82, 2.24) is 0 Å². The highest BCUT2D eigenvalue weighted by molar-refractivity contribution is 4.51. The van der Waals surface area contributed by atoms with Crippen molar-refractivity contribution in [2.75, 3.05) is 40.9 Å². The number of nitrogens with zero attached hydrogens (tertiary/aromatic N) is 1. The summed E-state index contributed by atoms with van der Waals surface area (Å²) < 4.78 is 6.80. The van der Waals surface area contributed by atoms with Crippen LogP contribution in [-0.2, 0) is 4.74 Å². The number of quaternary nitrogens is 1. The monoisotopic (exact) mass is 426 g/mol. The van der Waals surface area contributed by atoms with E-state index in [1.54, 1.807) is 0 Å². The van der Waals surface area contributed by atoms with Gasteiger partial charge in [-0.2, -0.15) is 0 Å². The maximum Gasteiger partial charge on any atom is 0.0802 e. The first-order valence-corrected chi connectivity index (χ1v) is 13.9. The van der Waals surface area contributed by atoms with Gasteiger partial charge in [0.25, 0.3) is 0 Å². The minimum Gasteiger partial charge on any atom is -0.381 e. The Labute approximate surface area is 192 Å². The first kappa shape index (κ1) is 29.9. The molecule has 0 bridgehead atoms. The molecule has 0 spiro atoms. The summed E-state index contributed by atoms with van der Waals surface area (Å²) >= 11 is 0. The van der Waals surface area contributed by atoms with Gasteiger partial charge in [-0.3, -0.25) is 0 Å². The Kier molecular flexibility index (Phi) is 23.5. The van der Waals surface area contributed by atoms with E-state index >= 15 is 0 Å². The van der Waals surface area contributed by atoms with Gasteiger partial charge in [-0.1, -0.05) is 129 Å². The second-order valence-corrected chi connectivity index (χ2v) is 10.7. The first-order chi connectivity index (χ1) is 14.6. The van der Waals surface area contributed by atoms with Crippen molar-refractivity contribution in [2.24, 2.45) is 0 Å². The van der Waals surface area contributed by atoms with E-state index in [-0.39, 0.29) is 0 Å². The molecule has 2 heteroatoms. The van der Waals surface area contributed by atoms with Gasteiger partial charge in [-0.25, -0.2) is 0 Å². The molecular weight excluding hydrogens is 366 g/mol. The summed E-state index contributed by atoms with van der Waals surface area (Å²) in [4.78, 5) is 0. The lowest BCUT2D eigenvalue weighted by Gasteiger charge is -2.23. The van der Waals surface area contributed by atoms with Crippen molar-refractivity contribution in [1.29, 1.82) is 0 Å². The van der Waals surface area contributed by atoms with E-state index in [0.29, 0.717) is 0 Å². The maximum atomic E-state index is 5.76. The van der Waals surface area contributed by atoms with Gasteiger partial charge >= 0.3 is 0 Å². The van der Waals surface area contributed by atoms with Crippen LogP contribution in [-0.4, -0.2) is 45.4 Å². The zero-order chi connectivity index (χ0) is 22.2. The second kappa shape index (κ2) is 23.6. The van der Waals surface area contributed by atoms with Gasteiger partial charge in [0, 0.05) is 13.0 Å². The summed E-state index contributed by atoms with van der Waals surface area (Å²) in [6, 6.07) is 0. The molecule has 182 valence electrons. The number of unbranched alkanes of at least 4 members (excludes halogenated alkanes) is 19. The molecule has 0 aromatic carbocycles. The van der Waals surface area contributed by atoms with Crippen molar-refractivity contribution in [3.8, 4) is 0 Å². The Balaban J connectivity index is 3.02. The largest absolute Gasteiger partial charge is 0.381 e. The van der Waals surface area contributed by atoms with Crippen molar-refractivity contribution in [2.45, 2.75) is 142 Å². The Morgan fingerprint density at radius 2 is 0.700 bits per heavy atom. The highest BCUT2D eigenvalue weighted by Crippen LogP contribution is 2.14. The van der Waals surface area contributed by atoms with Gasteiger partial charge < -0.3 is 9.22 Å². The van der Waals surface area contributed by atoms with Gasteiger partial charge in [0.1, 0.15) is 0 Å². The predicted octanol–water partition coefficient (Wildman–Crippen LogP) is 8.92. The fourth-order valence-electron chi connectivity index (χ4n) is 4.20. The average Bonchev–Trinajstić information content (AvgIpc) is 2.70. The van der Waals surface area contributed by atoms with Crippen molar-refractivity contribution >= 4 is 0 Å². The summed E-state index contributed by atoms with van der Waals surface area (Å²) in [5, 5.41) is 0. The zero-order valence-electron chi connectivity index (χ0n) is 21.8. The Bertz CT molecular complexity index is 310. The van der Waals surface area contributed by atoms with Crippen LogP contribution in [0.5, 0.6) is 0 Å². The molecule has 0 unspecified atom stereocenters. The fraction of sp³-hybridized carbons (Fsp3) is 1.00. The second-order valence-electron chi connectivity index (χ2n) is 10.7. The van der Waals surface area contributed by atoms with Crippen LogP contribution in [0.4, 0.5) is 0 Å².